The summed E-state index contributed by atoms with van der Waals surface area (Å²) < 4.78 is 4.77. The molecule has 1 aliphatic heterocycles. The topological polar surface area (TPSA) is 83.2 Å². The van der Waals surface area contributed by atoms with Gasteiger partial charge in [-0.15, -0.1) is 0 Å². The third-order valence-corrected chi connectivity index (χ3v) is 7.66. The first-order valence-corrected chi connectivity index (χ1v) is 13.1. The summed E-state index contributed by atoms with van der Waals surface area (Å²) in [5, 5.41) is 12.7. The first-order chi connectivity index (χ1) is 18.9. The van der Waals surface area contributed by atoms with Crippen molar-refractivity contribution in [1.82, 2.24) is 9.97 Å². The summed E-state index contributed by atoms with van der Waals surface area (Å²) in [4.78, 5) is 28.8. The zero-order valence-corrected chi connectivity index (χ0v) is 22.0. The van der Waals surface area contributed by atoms with E-state index in [0.717, 1.165) is 40.6 Å². The number of benzene rings is 2. The van der Waals surface area contributed by atoms with E-state index >= 15 is 0 Å². The first-order valence-electron chi connectivity index (χ1n) is 13.1. The van der Waals surface area contributed by atoms with Crippen molar-refractivity contribution in [3.05, 3.63) is 89.5 Å². The zero-order valence-electron chi connectivity index (χ0n) is 22.0. The molecule has 2 fully saturated rings. The van der Waals surface area contributed by atoms with E-state index in [1.54, 1.807) is 19.1 Å². The summed E-state index contributed by atoms with van der Waals surface area (Å²) in [5.41, 5.74) is 5.22. The Labute approximate surface area is 227 Å². The molecule has 0 amide bonds. The van der Waals surface area contributed by atoms with Crippen molar-refractivity contribution in [3.8, 4) is 11.1 Å². The SMILES string of the molecule is [C-]#[N+]c1ccc(-c2cccc3c(C4CC4)c(N4CCN(c5ccc(C(=O)OC)cn5)C(C)(O)C4)cnc23)cc1. The molecule has 0 spiro atoms. The van der Waals surface area contributed by atoms with Crippen LogP contribution in [0.4, 0.5) is 17.2 Å². The molecule has 2 aromatic carbocycles. The summed E-state index contributed by atoms with van der Waals surface area (Å²) >= 11 is 0. The number of methoxy groups -OCH3 is 1. The van der Waals surface area contributed by atoms with Crippen LogP contribution in [0.1, 0.15) is 41.6 Å². The van der Waals surface area contributed by atoms with Crippen molar-refractivity contribution in [2.45, 2.75) is 31.4 Å². The van der Waals surface area contributed by atoms with E-state index in [1.165, 1.54) is 18.9 Å². The summed E-state index contributed by atoms with van der Waals surface area (Å²) in [6.07, 6.45) is 5.72. The molecular weight excluding hydrogens is 490 g/mol. The van der Waals surface area contributed by atoms with Crippen molar-refractivity contribution in [2.24, 2.45) is 0 Å². The average molecular weight is 520 g/mol. The molecule has 1 aliphatic carbocycles. The molecule has 6 rings (SSSR count). The minimum Gasteiger partial charge on any atom is -0.465 e. The number of hydrogen-bond donors (Lipinski definition) is 1. The highest BCUT2D eigenvalue weighted by Crippen LogP contribution is 2.48. The maximum atomic E-state index is 11.8. The van der Waals surface area contributed by atoms with Crippen LogP contribution in [0.2, 0.25) is 0 Å². The number of fused-ring (bicyclic) bond motifs is 1. The number of β-amino-alcohol motifs (C(OH)–C–C–N with tert-alkyl or cyclic N) is 1. The number of rotatable bonds is 5. The molecule has 196 valence electrons. The maximum absolute atomic E-state index is 11.8. The standard InChI is InChI=1S/C31H29N5O3/c1-31(38)19-35(15-16-36(31)27-14-11-22(17-33-27)30(37)39-3)26-18-34-29-24(20-9-12-23(32-2)13-10-20)5-4-6-25(29)28(26)21-7-8-21/h4-6,9-14,17-18,21,38H,7-8,15-16,19H2,1,3H3. The Balaban J connectivity index is 1.33. The van der Waals surface area contributed by atoms with Crippen LogP contribution in [0, 0.1) is 6.57 Å². The first kappa shape index (κ1) is 24.8. The van der Waals surface area contributed by atoms with Gasteiger partial charge in [0.2, 0.25) is 0 Å². The summed E-state index contributed by atoms with van der Waals surface area (Å²) in [7, 11) is 1.34. The Morgan fingerprint density at radius 1 is 1.08 bits per heavy atom. The van der Waals surface area contributed by atoms with E-state index in [1.807, 2.05) is 35.4 Å². The van der Waals surface area contributed by atoms with Gasteiger partial charge in [0, 0.05) is 30.2 Å². The lowest BCUT2D eigenvalue weighted by atomic mass is 9.96. The molecule has 3 heterocycles. The second-order valence-corrected chi connectivity index (χ2v) is 10.4. The van der Waals surface area contributed by atoms with E-state index in [-0.39, 0.29) is 0 Å². The molecule has 1 saturated carbocycles. The van der Waals surface area contributed by atoms with Crippen molar-refractivity contribution in [1.29, 1.82) is 0 Å². The van der Waals surface area contributed by atoms with E-state index in [9.17, 15) is 9.90 Å². The Bertz CT molecular complexity index is 1590. The van der Waals surface area contributed by atoms with Gasteiger partial charge in [-0.2, -0.15) is 0 Å². The van der Waals surface area contributed by atoms with E-state index in [4.69, 9.17) is 16.3 Å². The molecule has 1 atom stereocenters. The van der Waals surface area contributed by atoms with E-state index < -0.39 is 11.7 Å². The van der Waals surface area contributed by atoms with Crippen molar-refractivity contribution in [2.75, 3.05) is 36.5 Å². The summed E-state index contributed by atoms with van der Waals surface area (Å²) in [6, 6.07) is 17.4. The molecule has 1 N–H and O–H groups in total. The van der Waals surface area contributed by atoms with Crippen LogP contribution >= 0.6 is 0 Å². The number of ether oxygens (including phenoxy) is 1. The lowest BCUT2D eigenvalue weighted by Crippen LogP contribution is -2.61. The highest BCUT2D eigenvalue weighted by Gasteiger charge is 2.39. The van der Waals surface area contributed by atoms with Gasteiger partial charge in [-0.3, -0.25) is 4.98 Å². The van der Waals surface area contributed by atoms with Crippen molar-refractivity contribution in [3.63, 3.8) is 0 Å². The molecule has 2 aliphatic rings. The predicted molar refractivity (Wildman–Crippen MR) is 151 cm³/mol. The molecular formula is C31H29N5O3. The van der Waals surface area contributed by atoms with Crippen LogP contribution in [0.25, 0.3) is 26.9 Å². The molecule has 4 aromatic rings. The Morgan fingerprint density at radius 2 is 1.87 bits per heavy atom. The number of esters is 1. The van der Waals surface area contributed by atoms with Gasteiger partial charge in [0.05, 0.1) is 43.2 Å². The van der Waals surface area contributed by atoms with Gasteiger partial charge in [0.15, 0.2) is 11.4 Å². The second kappa shape index (κ2) is 9.68. The number of para-hydroxylation sites is 1. The molecule has 2 aromatic heterocycles. The summed E-state index contributed by atoms with van der Waals surface area (Å²) in [6.45, 7) is 10.7. The molecule has 0 radical (unpaired) electrons. The highest BCUT2D eigenvalue weighted by atomic mass is 16.5. The van der Waals surface area contributed by atoms with Crippen LogP contribution < -0.4 is 9.80 Å². The Kier molecular flexibility index (Phi) is 6.16. The van der Waals surface area contributed by atoms with Gasteiger partial charge in [-0.05, 0) is 48.9 Å². The normalized spacial score (nSPS) is 19.1. The number of piperazine rings is 1. The highest BCUT2D eigenvalue weighted by molar-refractivity contribution is 5.98. The lowest BCUT2D eigenvalue weighted by Gasteiger charge is -2.47. The number of nitrogens with zero attached hydrogens (tertiary/aromatic N) is 5. The Morgan fingerprint density at radius 3 is 2.51 bits per heavy atom. The quantitative estimate of drug-likeness (QED) is 0.274. The van der Waals surface area contributed by atoms with Crippen LogP contribution in [0.5, 0.6) is 0 Å². The molecule has 39 heavy (non-hydrogen) atoms. The number of hydrogen-bond acceptors (Lipinski definition) is 7. The number of pyridine rings is 2. The maximum Gasteiger partial charge on any atom is 0.339 e. The van der Waals surface area contributed by atoms with Gasteiger partial charge >= 0.3 is 5.97 Å². The fourth-order valence-corrected chi connectivity index (χ4v) is 5.57. The average Bonchev–Trinajstić information content (AvgIpc) is 3.81. The minimum atomic E-state index is -1.18. The van der Waals surface area contributed by atoms with Crippen molar-refractivity contribution < 1.29 is 14.6 Å². The summed E-state index contributed by atoms with van der Waals surface area (Å²) in [5.74, 6) is 0.645. The molecule has 1 unspecified atom stereocenters. The van der Waals surface area contributed by atoms with Gasteiger partial charge in [-0.1, -0.05) is 42.5 Å². The van der Waals surface area contributed by atoms with Gasteiger partial charge in [-0.25, -0.2) is 14.6 Å². The third-order valence-electron chi connectivity index (χ3n) is 7.66. The fraction of sp³-hybridized carbons (Fsp3) is 0.290. The largest absolute Gasteiger partial charge is 0.465 e. The van der Waals surface area contributed by atoms with Gasteiger partial charge < -0.3 is 19.6 Å². The van der Waals surface area contributed by atoms with Gasteiger partial charge in [0.1, 0.15) is 5.82 Å². The third kappa shape index (κ3) is 4.55. The molecule has 1 saturated heterocycles. The van der Waals surface area contributed by atoms with Gasteiger partial charge in [0.25, 0.3) is 0 Å². The number of aromatic nitrogens is 2. The second-order valence-electron chi connectivity index (χ2n) is 10.4. The van der Waals surface area contributed by atoms with E-state index in [2.05, 4.69) is 32.9 Å². The fourth-order valence-electron chi connectivity index (χ4n) is 5.57. The van der Waals surface area contributed by atoms with Crippen LogP contribution in [-0.4, -0.2) is 53.5 Å². The number of carbonyl (C=O) groups excluding carboxylic acids is 1. The number of anilines is 2. The van der Waals surface area contributed by atoms with Crippen molar-refractivity contribution >= 4 is 34.1 Å². The molecule has 8 heteroatoms. The predicted octanol–water partition coefficient (Wildman–Crippen LogP) is 5.55. The minimum absolute atomic E-state index is 0.373. The lowest BCUT2D eigenvalue weighted by molar-refractivity contribution is 0.0524. The van der Waals surface area contributed by atoms with Crippen LogP contribution in [-0.2, 0) is 4.74 Å². The number of aliphatic hydroxyl groups is 1. The van der Waals surface area contributed by atoms with Crippen LogP contribution in [0.15, 0.2) is 67.0 Å². The Hall–Kier alpha value is -4.48. The van der Waals surface area contributed by atoms with Crippen LogP contribution in [0.3, 0.4) is 0 Å². The van der Waals surface area contributed by atoms with E-state index in [0.29, 0.717) is 42.6 Å². The molecule has 8 nitrogen and oxygen atoms in total. The zero-order chi connectivity index (χ0) is 27.1. The molecule has 0 bridgehead atoms. The smallest absolute Gasteiger partial charge is 0.339 e. The number of carbonyl (C=O) groups is 1. The monoisotopic (exact) mass is 519 g/mol.